The zero-order valence-corrected chi connectivity index (χ0v) is 15.2. The predicted octanol–water partition coefficient (Wildman–Crippen LogP) is 3.84. The highest BCUT2D eigenvalue weighted by Crippen LogP contribution is 2.39. The Bertz CT molecular complexity index is 793. The highest BCUT2D eigenvalue weighted by molar-refractivity contribution is 5.53. The maximum absolute atomic E-state index is 11.8. The van der Waals surface area contributed by atoms with E-state index in [0.29, 0.717) is 25.6 Å². The highest BCUT2D eigenvalue weighted by atomic mass is 19.1. The van der Waals surface area contributed by atoms with Crippen LogP contribution in [0.25, 0.3) is 5.65 Å². The van der Waals surface area contributed by atoms with E-state index in [0.717, 1.165) is 23.1 Å². The summed E-state index contributed by atoms with van der Waals surface area (Å²) in [4.78, 5) is 8.96. The fraction of sp³-hybridized carbons (Fsp3) is 0.500. The minimum atomic E-state index is -0.676. The van der Waals surface area contributed by atoms with E-state index in [2.05, 4.69) is 36.4 Å². The van der Waals surface area contributed by atoms with Gasteiger partial charge in [0.15, 0.2) is 0 Å². The number of aromatic nitrogens is 5. The van der Waals surface area contributed by atoms with E-state index in [4.69, 9.17) is 0 Å². The van der Waals surface area contributed by atoms with Gasteiger partial charge in [0.05, 0.1) is 18.5 Å². The van der Waals surface area contributed by atoms with Crippen molar-refractivity contribution in [3.05, 3.63) is 36.4 Å². The molecule has 0 bridgehead atoms. The number of imidazole rings is 1. The lowest BCUT2D eigenvalue weighted by Crippen LogP contribution is -2.00. The van der Waals surface area contributed by atoms with E-state index < -0.39 is 6.17 Å². The average Bonchev–Trinajstić information content (AvgIpc) is 3.06. The molecule has 4 heterocycles. The van der Waals surface area contributed by atoms with E-state index in [1.807, 2.05) is 30.4 Å². The first-order chi connectivity index (χ1) is 12.8. The molecule has 5 rings (SSSR count). The number of hydrogen-bond acceptors (Lipinski definition) is 5. The van der Waals surface area contributed by atoms with Crippen LogP contribution < -0.4 is 5.32 Å². The number of fused-ring (bicyclic) bond motifs is 1. The molecular weight excluding hydrogens is 335 g/mol. The molecule has 0 aromatic carbocycles. The molecule has 0 radical (unpaired) electrons. The number of hydrogen-bond donors (Lipinski definition) is 2. The molecule has 26 heavy (non-hydrogen) atoms. The number of nitrogens with one attached hydrogen (secondary N) is 2. The molecule has 3 aromatic heterocycles. The predicted molar refractivity (Wildman–Crippen MR) is 98.5 cm³/mol. The number of halogens is 1. The fourth-order valence-corrected chi connectivity index (χ4v) is 2.56. The number of ether oxygens (including phenoxy) is 1. The zero-order valence-electron chi connectivity index (χ0n) is 15.2. The van der Waals surface area contributed by atoms with Crippen LogP contribution in [0, 0.1) is 0 Å². The Hall–Kier alpha value is -2.48. The van der Waals surface area contributed by atoms with Crippen LogP contribution in [0.4, 0.5) is 16.2 Å². The van der Waals surface area contributed by atoms with E-state index in [9.17, 15) is 4.39 Å². The summed E-state index contributed by atoms with van der Waals surface area (Å²) in [6.45, 7) is 4.93. The van der Waals surface area contributed by atoms with Crippen LogP contribution in [0.3, 0.4) is 0 Å². The van der Waals surface area contributed by atoms with Crippen LogP contribution in [0.15, 0.2) is 30.7 Å². The average molecular weight is 360 g/mol. The van der Waals surface area contributed by atoms with Gasteiger partial charge in [0.2, 0.25) is 5.95 Å². The molecule has 0 amide bonds. The SMILES string of the molecule is CC.FC1CCOC1.c1cc(Nc2nccc3nc(C4CC4)cn23)[nH]n1. The number of anilines is 2. The first-order valence-corrected chi connectivity index (χ1v) is 9.12. The monoisotopic (exact) mass is 360 g/mol. The Labute approximate surface area is 152 Å². The van der Waals surface area contributed by atoms with Gasteiger partial charge in [0.1, 0.15) is 17.6 Å². The maximum Gasteiger partial charge on any atom is 0.214 e. The molecule has 2 N–H and O–H groups in total. The number of rotatable bonds is 3. The second kappa shape index (κ2) is 8.75. The Kier molecular flexibility index (Phi) is 6.17. The van der Waals surface area contributed by atoms with Gasteiger partial charge in [0, 0.05) is 37.4 Å². The molecular formula is C18H25FN6O. The number of nitrogens with zero attached hydrogens (tertiary/aromatic N) is 4. The van der Waals surface area contributed by atoms with Gasteiger partial charge in [-0.2, -0.15) is 5.10 Å². The summed E-state index contributed by atoms with van der Waals surface area (Å²) in [7, 11) is 0. The summed E-state index contributed by atoms with van der Waals surface area (Å²) in [5.74, 6) is 2.21. The summed E-state index contributed by atoms with van der Waals surface area (Å²) < 4.78 is 18.5. The van der Waals surface area contributed by atoms with Crippen molar-refractivity contribution >= 4 is 17.4 Å². The third-order valence-electron chi connectivity index (χ3n) is 4.02. The van der Waals surface area contributed by atoms with Crippen LogP contribution in [-0.2, 0) is 4.74 Å². The zero-order chi connectivity index (χ0) is 18.4. The molecule has 1 unspecified atom stereocenters. The lowest BCUT2D eigenvalue weighted by molar-refractivity contribution is 0.173. The largest absolute Gasteiger partial charge is 0.378 e. The molecule has 3 aromatic rings. The lowest BCUT2D eigenvalue weighted by atomic mass is 10.3. The van der Waals surface area contributed by atoms with Crippen molar-refractivity contribution in [1.82, 2.24) is 24.6 Å². The van der Waals surface area contributed by atoms with Crippen LogP contribution in [0.1, 0.15) is 44.7 Å². The van der Waals surface area contributed by atoms with E-state index in [1.165, 1.54) is 12.8 Å². The molecule has 140 valence electrons. The van der Waals surface area contributed by atoms with Crippen molar-refractivity contribution in [3.8, 4) is 0 Å². The van der Waals surface area contributed by atoms with Gasteiger partial charge in [-0.3, -0.25) is 9.50 Å². The molecule has 1 saturated carbocycles. The van der Waals surface area contributed by atoms with E-state index in [1.54, 1.807) is 12.4 Å². The van der Waals surface area contributed by atoms with E-state index in [-0.39, 0.29) is 0 Å². The van der Waals surface area contributed by atoms with Crippen molar-refractivity contribution < 1.29 is 9.13 Å². The Morgan fingerprint density at radius 2 is 2.08 bits per heavy atom. The topological polar surface area (TPSA) is 80.1 Å². The minimum absolute atomic E-state index is 0.319. The van der Waals surface area contributed by atoms with Crippen LogP contribution in [-0.4, -0.2) is 44.0 Å². The number of H-pyrrole nitrogens is 1. The Balaban J connectivity index is 0.000000208. The summed E-state index contributed by atoms with van der Waals surface area (Å²) >= 11 is 0. The second-order valence-corrected chi connectivity index (χ2v) is 5.99. The standard InChI is InChI=1S/C12H12N6.C4H7FO.C2H6/c1-2-8(1)9-7-18-11(15-9)4-5-13-12(18)16-10-3-6-14-17-10;5-4-1-2-6-3-4;1-2/h3-8H,1-2H2,(H2,13,14,16,17);4H,1-3H2;1-2H3. The fourth-order valence-electron chi connectivity index (χ4n) is 2.56. The molecule has 1 saturated heterocycles. The van der Waals surface area contributed by atoms with Gasteiger partial charge in [-0.05, 0) is 18.9 Å². The maximum atomic E-state index is 11.8. The molecule has 2 fully saturated rings. The highest BCUT2D eigenvalue weighted by Gasteiger charge is 2.26. The van der Waals surface area contributed by atoms with Gasteiger partial charge in [-0.25, -0.2) is 14.4 Å². The number of alkyl halides is 1. The quantitative estimate of drug-likeness (QED) is 0.742. The van der Waals surface area contributed by atoms with Crippen LogP contribution in [0.5, 0.6) is 0 Å². The van der Waals surface area contributed by atoms with Crippen molar-refractivity contribution in [2.45, 2.75) is 45.2 Å². The summed E-state index contributed by atoms with van der Waals surface area (Å²) in [5, 5.41) is 9.95. The van der Waals surface area contributed by atoms with Crippen molar-refractivity contribution in [3.63, 3.8) is 0 Å². The number of aromatic amines is 1. The Morgan fingerprint density at radius 1 is 1.23 bits per heavy atom. The molecule has 1 aliphatic carbocycles. The van der Waals surface area contributed by atoms with Crippen LogP contribution in [0.2, 0.25) is 0 Å². The van der Waals surface area contributed by atoms with Crippen LogP contribution >= 0.6 is 0 Å². The van der Waals surface area contributed by atoms with Gasteiger partial charge >= 0.3 is 0 Å². The van der Waals surface area contributed by atoms with Gasteiger partial charge in [0.25, 0.3) is 0 Å². The first kappa shape index (κ1) is 18.3. The van der Waals surface area contributed by atoms with Crippen molar-refractivity contribution in [2.24, 2.45) is 0 Å². The van der Waals surface area contributed by atoms with Crippen molar-refractivity contribution in [2.75, 3.05) is 18.5 Å². The molecule has 8 heteroatoms. The summed E-state index contributed by atoms with van der Waals surface area (Å²) in [5.41, 5.74) is 2.09. The second-order valence-electron chi connectivity index (χ2n) is 5.99. The molecule has 1 atom stereocenters. The van der Waals surface area contributed by atoms with Gasteiger partial charge in [-0.15, -0.1) is 0 Å². The van der Waals surface area contributed by atoms with Gasteiger partial charge < -0.3 is 10.1 Å². The third-order valence-corrected chi connectivity index (χ3v) is 4.02. The van der Waals surface area contributed by atoms with Gasteiger partial charge in [-0.1, -0.05) is 13.8 Å². The molecule has 7 nitrogen and oxygen atoms in total. The van der Waals surface area contributed by atoms with E-state index >= 15 is 0 Å². The smallest absolute Gasteiger partial charge is 0.214 e. The lowest BCUT2D eigenvalue weighted by Gasteiger charge is -2.04. The minimum Gasteiger partial charge on any atom is -0.378 e. The molecule has 0 spiro atoms. The summed E-state index contributed by atoms with van der Waals surface area (Å²) in [6.07, 6.45) is 7.95. The normalized spacial score (nSPS) is 18.7. The van der Waals surface area contributed by atoms with Crippen molar-refractivity contribution in [1.29, 1.82) is 0 Å². The molecule has 2 aliphatic rings. The molecule has 1 aliphatic heterocycles. The first-order valence-electron chi connectivity index (χ1n) is 9.12. The Morgan fingerprint density at radius 3 is 2.65 bits per heavy atom. The summed E-state index contributed by atoms with van der Waals surface area (Å²) in [6, 6.07) is 3.78. The third kappa shape index (κ3) is 4.57.